The topological polar surface area (TPSA) is 77.4 Å². The zero-order valence-corrected chi connectivity index (χ0v) is 9.11. The molecule has 1 aromatic carbocycles. The van der Waals surface area contributed by atoms with E-state index in [9.17, 15) is 4.39 Å². The lowest BCUT2D eigenvalue weighted by Gasteiger charge is -2.13. The van der Waals surface area contributed by atoms with Crippen molar-refractivity contribution in [1.29, 1.82) is 5.26 Å². The Balaban J connectivity index is 2.22. The molecule has 2 rings (SSSR count). The summed E-state index contributed by atoms with van der Waals surface area (Å²) in [5, 5.41) is 18.4. The van der Waals surface area contributed by atoms with Gasteiger partial charge >= 0.3 is 0 Å². The fraction of sp³-hybridized carbons (Fsp3) is 0.182. The largest absolute Gasteiger partial charge is 0.374 e. The van der Waals surface area contributed by atoms with E-state index in [1.165, 1.54) is 24.5 Å². The van der Waals surface area contributed by atoms with E-state index in [4.69, 9.17) is 5.26 Å². The van der Waals surface area contributed by atoms with E-state index in [0.29, 0.717) is 11.5 Å². The number of nitrogens with zero attached hydrogens (tertiary/aromatic N) is 3. The number of hydrogen-bond acceptors (Lipinski definition) is 4. The number of H-pyrrole nitrogens is 1. The van der Waals surface area contributed by atoms with Crippen LogP contribution in [0.5, 0.6) is 0 Å². The summed E-state index contributed by atoms with van der Waals surface area (Å²) in [6, 6.07) is 5.82. The maximum Gasteiger partial charge on any atom is 0.146 e. The van der Waals surface area contributed by atoms with Crippen LogP contribution in [0.2, 0.25) is 0 Å². The fourth-order valence-electron chi connectivity index (χ4n) is 1.46. The molecule has 0 aliphatic carbocycles. The third kappa shape index (κ3) is 2.39. The van der Waals surface area contributed by atoms with Crippen molar-refractivity contribution in [3.05, 3.63) is 41.7 Å². The molecule has 0 amide bonds. The van der Waals surface area contributed by atoms with Crippen molar-refractivity contribution >= 4 is 5.69 Å². The predicted molar refractivity (Wildman–Crippen MR) is 59.5 cm³/mol. The second-order valence-corrected chi connectivity index (χ2v) is 3.54. The maximum absolute atomic E-state index is 12.9. The number of hydrogen-bond donors (Lipinski definition) is 2. The summed E-state index contributed by atoms with van der Waals surface area (Å²) in [6.45, 7) is 1.87. The second kappa shape index (κ2) is 4.61. The first kappa shape index (κ1) is 11.1. The highest BCUT2D eigenvalue weighted by molar-refractivity contribution is 5.58. The highest BCUT2D eigenvalue weighted by Crippen LogP contribution is 2.20. The minimum atomic E-state index is -0.431. The minimum Gasteiger partial charge on any atom is -0.374 e. The van der Waals surface area contributed by atoms with Crippen molar-refractivity contribution in [2.75, 3.05) is 5.32 Å². The number of nitriles is 1. The number of rotatable bonds is 3. The number of halogens is 1. The van der Waals surface area contributed by atoms with Crippen LogP contribution < -0.4 is 5.32 Å². The van der Waals surface area contributed by atoms with Gasteiger partial charge < -0.3 is 5.32 Å². The summed E-state index contributed by atoms with van der Waals surface area (Å²) in [6.07, 6.45) is 1.41. The molecule has 1 atom stereocenters. The van der Waals surface area contributed by atoms with E-state index in [1.54, 1.807) is 0 Å². The van der Waals surface area contributed by atoms with Gasteiger partial charge in [0.25, 0.3) is 0 Å². The average molecular weight is 231 g/mol. The van der Waals surface area contributed by atoms with Crippen LogP contribution in [-0.4, -0.2) is 15.2 Å². The molecule has 0 aliphatic heterocycles. The summed E-state index contributed by atoms with van der Waals surface area (Å²) in [7, 11) is 0. The van der Waals surface area contributed by atoms with Gasteiger partial charge in [-0.1, -0.05) is 0 Å². The van der Waals surface area contributed by atoms with E-state index in [2.05, 4.69) is 20.5 Å². The molecular weight excluding hydrogens is 221 g/mol. The van der Waals surface area contributed by atoms with Crippen LogP contribution in [0.25, 0.3) is 0 Å². The smallest absolute Gasteiger partial charge is 0.146 e. The molecule has 1 unspecified atom stereocenters. The Morgan fingerprint density at radius 2 is 2.35 bits per heavy atom. The molecule has 1 heterocycles. The zero-order chi connectivity index (χ0) is 12.3. The van der Waals surface area contributed by atoms with E-state index in [1.807, 2.05) is 13.0 Å². The quantitative estimate of drug-likeness (QED) is 0.846. The van der Waals surface area contributed by atoms with Crippen LogP contribution in [0.1, 0.15) is 24.4 Å². The van der Waals surface area contributed by atoms with Gasteiger partial charge in [0, 0.05) is 0 Å². The molecule has 1 aromatic heterocycles. The lowest BCUT2D eigenvalue weighted by atomic mass is 10.1. The van der Waals surface area contributed by atoms with Gasteiger partial charge in [-0.15, -0.1) is 0 Å². The lowest BCUT2D eigenvalue weighted by molar-refractivity contribution is 0.627. The van der Waals surface area contributed by atoms with E-state index in [-0.39, 0.29) is 11.6 Å². The Hall–Kier alpha value is -2.42. The molecule has 0 spiro atoms. The highest BCUT2D eigenvalue weighted by Gasteiger charge is 2.11. The van der Waals surface area contributed by atoms with Crippen LogP contribution in [0.3, 0.4) is 0 Å². The molecule has 5 nitrogen and oxygen atoms in total. The molecule has 17 heavy (non-hydrogen) atoms. The Morgan fingerprint density at radius 3 is 3.00 bits per heavy atom. The lowest BCUT2D eigenvalue weighted by Crippen LogP contribution is -2.09. The zero-order valence-electron chi connectivity index (χ0n) is 9.11. The number of benzene rings is 1. The average Bonchev–Trinajstić information content (AvgIpc) is 2.85. The number of anilines is 1. The van der Waals surface area contributed by atoms with Crippen molar-refractivity contribution < 1.29 is 4.39 Å². The predicted octanol–water partition coefficient (Wildman–Crippen LogP) is 1.99. The monoisotopic (exact) mass is 231 g/mol. The third-order valence-corrected chi connectivity index (χ3v) is 2.32. The first-order chi connectivity index (χ1) is 8.20. The maximum atomic E-state index is 12.9. The van der Waals surface area contributed by atoms with Gasteiger partial charge in [-0.2, -0.15) is 10.4 Å². The molecule has 86 valence electrons. The van der Waals surface area contributed by atoms with Crippen molar-refractivity contribution in [3.8, 4) is 6.07 Å². The van der Waals surface area contributed by atoms with Crippen molar-refractivity contribution in [1.82, 2.24) is 15.2 Å². The minimum absolute atomic E-state index is 0.143. The number of nitrogens with one attached hydrogen (secondary N) is 2. The van der Waals surface area contributed by atoms with Gasteiger partial charge in [0.1, 0.15) is 24.0 Å². The molecule has 0 radical (unpaired) electrons. The Labute approximate surface area is 97.3 Å². The Morgan fingerprint density at radius 1 is 1.53 bits per heavy atom. The molecule has 0 bridgehead atoms. The first-order valence-corrected chi connectivity index (χ1v) is 5.02. The standard InChI is InChI=1S/C11H10FN5/c1-7(11-14-6-15-17-11)16-10-3-2-9(12)4-8(10)5-13/h2-4,6-7,16H,1H3,(H,14,15,17). The molecule has 2 N–H and O–H groups in total. The molecule has 2 aromatic rings. The van der Waals surface area contributed by atoms with E-state index < -0.39 is 5.82 Å². The molecule has 0 saturated carbocycles. The fourth-order valence-corrected chi connectivity index (χ4v) is 1.46. The van der Waals surface area contributed by atoms with E-state index >= 15 is 0 Å². The Kier molecular flexibility index (Phi) is 3.01. The van der Waals surface area contributed by atoms with Gasteiger partial charge in [0.2, 0.25) is 0 Å². The third-order valence-electron chi connectivity index (χ3n) is 2.32. The van der Waals surface area contributed by atoms with Crippen LogP contribution in [0.15, 0.2) is 24.5 Å². The van der Waals surface area contributed by atoms with Gasteiger partial charge in [-0.3, -0.25) is 5.10 Å². The molecule has 0 aliphatic rings. The van der Waals surface area contributed by atoms with Crippen molar-refractivity contribution in [2.24, 2.45) is 0 Å². The van der Waals surface area contributed by atoms with Gasteiger partial charge in [0.05, 0.1) is 17.3 Å². The second-order valence-electron chi connectivity index (χ2n) is 3.54. The molecule has 0 fully saturated rings. The number of aromatic amines is 1. The first-order valence-electron chi connectivity index (χ1n) is 5.02. The van der Waals surface area contributed by atoms with Gasteiger partial charge in [-0.25, -0.2) is 9.37 Å². The summed E-state index contributed by atoms with van der Waals surface area (Å²) in [4.78, 5) is 4.00. The Bertz CT molecular complexity index is 543. The van der Waals surface area contributed by atoms with Crippen LogP contribution in [-0.2, 0) is 0 Å². The van der Waals surface area contributed by atoms with Crippen LogP contribution in [0.4, 0.5) is 10.1 Å². The van der Waals surface area contributed by atoms with Crippen LogP contribution >= 0.6 is 0 Å². The molecular formula is C11H10FN5. The van der Waals surface area contributed by atoms with Crippen molar-refractivity contribution in [3.63, 3.8) is 0 Å². The normalized spacial score (nSPS) is 11.8. The van der Waals surface area contributed by atoms with Gasteiger partial charge in [0.15, 0.2) is 0 Å². The summed E-state index contributed by atoms with van der Waals surface area (Å²) in [5.74, 6) is 0.220. The van der Waals surface area contributed by atoms with Crippen molar-refractivity contribution in [2.45, 2.75) is 13.0 Å². The highest BCUT2D eigenvalue weighted by atomic mass is 19.1. The SMILES string of the molecule is CC(Nc1ccc(F)cc1C#N)c1ncn[nH]1. The summed E-state index contributed by atoms with van der Waals surface area (Å²) >= 11 is 0. The number of aromatic nitrogens is 3. The summed E-state index contributed by atoms with van der Waals surface area (Å²) in [5.41, 5.74) is 0.828. The van der Waals surface area contributed by atoms with Crippen LogP contribution in [0, 0.1) is 17.1 Å². The summed E-state index contributed by atoms with van der Waals surface area (Å²) < 4.78 is 12.9. The van der Waals surface area contributed by atoms with Gasteiger partial charge in [-0.05, 0) is 25.1 Å². The van der Waals surface area contributed by atoms with E-state index in [0.717, 1.165) is 0 Å². The molecule has 6 heteroatoms. The molecule has 0 saturated heterocycles.